The lowest BCUT2D eigenvalue weighted by Crippen LogP contribution is -2.22. The van der Waals surface area contributed by atoms with E-state index >= 15 is 0 Å². The molecule has 0 saturated heterocycles. The van der Waals surface area contributed by atoms with Crippen LogP contribution in [0.2, 0.25) is 15.1 Å². The first-order valence-electron chi connectivity index (χ1n) is 7.81. The van der Waals surface area contributed by atoms with Crippen molar-refractivity contribution >= 4 is 46.5 Å². The Labute approximate surface area is 165 Å². The van der Waals surface area contributed by atoms with Crippen LogP contribution in [0.1, 0.15) is 17.0 Å². The highest BCUT2D eigenvalue weighted by molar-refractivity contribution is 6.42. The monoisotopic (exact) mass is 411 g/mol. The van der Waals surface area contributed by atoms with Gasteiger partial charge >= 0.3 is 0 Å². The minimum atomic E-state index is -0.230. The summed E-state index contributed by atoms with van der Waals surface area (Å²) < 4.78 is 3.21. The Balaban J connectivity index is 1.73. The summed E-state index contributed by atoms with van der Waals surface area (Å²) in [5, 5.41) is 12.8. The Morgan fingerprint density at radius 2 is 1.88 bits per heavy atom. The third-order valence-corrected chi connectivity index (χ3v) is 5.33. The first-order chi connectivity index (χ1) is 12.4. The number of anilines is 1. The molecule has 0 radical (unpaired) electrons. The topological polar surface area (TPSA) is 64.7 Å². The number of rotatable bonds is 5. The predicted octanol–water partition coefficient (Wildman–Crippen LogP) is 4.34. The van der Waals surface area contributed by atoms with Crippen LogP contribution in [0.3, 0.4) is 0 Å². The average molecular weight is 413 g/mol. The molecule has 2 aromatic heterocycles. The molecule has 1 N–H and O–H groups in total. The van der Waals surface area contributed by atoms with Crippen molar-refractivity contribution < 1.29 is 4.79 Å². The first kappa shape index (κ1) is 18.8. The van der Waals surface area contributed by atoms with Crippen LogP contribution in [0.5, 0.6) is 0 Å². The summed E-state index contributed by atoms with van der Waals surface area (Å²) in [7, 11) is 0. The van der Waals surface area contributed by atoms with Crippen molar-refractivity contribution in [1.29, 1.82) is 0 Å². The molecular formula is C17H16Cl3N5O. The number of hydrogen-bond donors (Lipinski definition) is 1. The summed E-state index contributed by atoms with van der Waals surface area (Å²) in [5.74, 6) is 0.324. The Morgan fingerprint density at radius 3 is 2.58 bits per heavy atom. The molecule has 3 rings (SSSR count). The molecule has 0 aliphatic carbocycles. The van der Waals surface area contributed by atoms with Crippen molar-refractivity contribution in [3.8, 4) is 0 Å². The normalized spacial score (nSPS) is 11.0. The van der Waals surface area contributed by atoms with Crippen molar-refractivity contribution in [2.45, 2.75) is 26.9 Å². The molecule has 0 aliphatic heterocycles. The van der Waals surface area contributed by atoms with Gasteiger partial charge in [0.25, 0.3) is 0 Å². The fourth-order valence-corrected chi connectivity index (χ4v) is 3.06. The smallest absolute Gasteiger partial charge is 0.247 e. The van der Waals surface area contributed by atoms with Gasteiger partial charge in [-0.05, 0) is 25.5 Å². The number of nitrogens with zero attached hydrogens (tertiary/aromatic N) is 4. The van der Waals surface area contributed by atoms with Crippen LogP contribution in [0.25, 0.3) is 0 Å². The molecule has 26 heavy (non-hydrogen) atoms. The molecule has 2 heterocycles. The van der Waals surface area contributed by atoms with Crippen LogP contribution < -0.4 is 5.32 Å². The summed E-state index contributed by atoms with van der Waals surface area (Å²) in [6.45, 7) is 4.06. The zero-order valence-corrected chi connectivity index (χ0v) is 16.4. The standard InChI is InChI=1S/C17H16Cl3N5O/c1-10-16(19)11(2)24(23-10)9-15(26)22-14-6-7-21-25(14)8-12-4-3-5-13(18)17(12)20/h3-7H,8-9H2,1-2H3,(H,22,26). The Morgan fingerprint density at radius 1 is 1.12 bits per heavy atom. The fourth-order valence-electron chi connectivity index (χ4n) is 2.54. The molecule has 0 spiro atoms. The van der Waals surface area contributed by atoms with Gasteiger partial charge in [-0.15, -0.1) is 0 Å². The van der Waals surface area contributed by atoms with Crippen LogP contribution >= 0.6 is 34.8 Å². The molecule has 1 aromatic carbocycles. The van der Waals surface area contributed by atoms with Crippen molar-refractivity contribution in [3.05, 3.63) is 62.5 Å². The molecule has 0 aliphatic rings. The van der Waals surface area contributed by atoms with Gasteiger partial charge in [-0.3, -0.25) is 9.48 Å². The van der Waals surface area contributed by atoms with Gasteiger partial charge in [0.1, 0.15) is 12.4 Å². The maximum atomic E-state index is 12.4. The van der Waals surface area contributed by atoms with E-state index in [-0.39, 0.29) is 12.5 Å². The lowest BCUT2D eigenvalue weighted by atomic mass is 10.2. The number of aromatic nitrogens is 4. The zero-order valence-electron chi connectivity index (χ0n) is 14.1. The third-order valence-electron chi connectivity index (χ3n) is 3.92. The van der Waals surface area contributed by atoms with E-state index in [1.807, 2.05) is 19.1 Å². The fraction of sp³-hybridized carbons (Fsp3) is 0.235. The second-order valence-corrected chi connectivity index (χ2v) is 6.94. The molecule has 0 saturated carbocycles. The average Bonchev–Trinajstić information content (AvgIpc) is 3.12. The maximum absolute atomic E-state index is 12.4. The van der Waals surface area contributed by atoms with Gasteiger partial charge in [0.2, 0.25) is 5.91 Å². The molecular weight excluding hydrogens is 397 g/mol. The van der Waals surface area contributed by atoms with Gasteiger partial charge in [0.05, 0.1) is 39.2 Å². The molecule has 6 nitrogen and oxygen atoms in total. The molecule has 0 fully saturated rings. The highest BCUT2D eigenvalue weighted by Gasteiger charge is 2.14. The number of nitrogens with one attached hydrogen (secondary N) is 1. The van der Waals surface area contributed by atoms with Crippen molar-refractivity contribution in [3.63, 3.8) is 0 Å². The molecule has 136 valence electrons. The number of carbonyl (C=O) groups excluding carboxylic acids is 1. The predicted molar refractivity (Wildman–Crippen MR) is 103 cm³/mol. The van der Waals surface area contributed by atoms with E-state index < -0.39 is 0 Å². The van der Waals surface area contributed by atoms with Crippen molar-refractivity contribution in [2.75, 3.05) is 5.32 Å². The minimum Gasteiger partial charge on any atom is -0.309 e. The van der Waals surface area contributed by atoms with Crippen LogP contribution in [0.15, 0.2) is 30.5 Å². The first-order valence-corrected chi connectivity index (χ1v) is 8.94. The zero-order chi connectivity index (χ0) is 18.8. The number of hydrogen-bond acceptors (Lipinski definition) is 3. The van der Waals surface area contributed by atoms with Crippen molar-refractivity contribution in [2.24, 2.45) is 0 Å². The highest BCUT2D eigenvalue weighted by atomic mass is 35.5. The van der Waals surface area contributed by atoms with Gasteiger partial charge in [0, 0.05) is 6.07 Å². The summed E-state index contributed by atoms with van der Waals surface area (Å²) in [6, 6.07) is 7.11. The van der Waals surface area contributed by atoms with Crippen LogP contribution in [0.4, 0.5) is 5.82 Å². The van der Waals surface area contributed by atoms with E-state index in [4.69, 9.17) is 34.8 Å². The number of halogens is 3. The van der Waals surface area contributed by atoms with Crippen LogP contribution in [0, 0.1) is 13.8 Å². The SMILES string of the molecule is Cc1nn(CC(=O)Nc2ccnn2Cc2cccc(Cl)c2Cl)c(C)c1Cl. The van der Waals surface area contributed by atoms with Crippen LogP contribution in [-0.2, 0) is 17.9 Å². The minimum absolute atomic E-state index is 0.0580. The van der Waals surface area contributed by atoms with E-state index in [1.54, 1.807) is 34.6 Å². The van der Waals surface area contributed by atoms with Crippen molar-refractivity contribution in [1.82, 2.24) is 19.6 Å². The second-order valence-electron chi connectivity index (χ2n) is 5.78. The van der Waals surface area contributed by atoms with Gasteiger partial charge in [-0.25, -0.2) is 4.68 Å². The van der Waals surface area contributed by atoms with E-state index in [0.717, 1.165) is 11.3 Å². The van der Waals surface area contributed by atoms with E-state index in [9.17, 15) is 4.79 Å². The van der Waals surface area contributed by atoms with Crippen LogP contribution in [-0.4, -0.2) is 25.5 Å². The summed E-state index contributed by atoms with van der Waals surface area (Å²) in [5.41, 5.74) is 2.25. The lowest BCUT2D eigenvalue weighted by Gasteiger charge is -2.11. The molecule has 1 amide bonds. The second kappa shape index (κ2) is 7.70. The van der Waals surface area contributed by atoms with Gasteiger partial charge in [-0.2, -0.15) is 10.2 Å². The molecule has 9 heteroatoms. The summed E-state index contributed by atoms with van der Waals surface area (Å²) in [4.78, 5) is 12.4. The maximum Gasteiger partial charge on any atom is 0.247 e. The van der Waals surface area contributed by atoms with E-state index in [1.165, 1.54) is 0 Å². The lowest BCUT2D eigenvalue weighted by molar-refractivity contribution is -0.117. The van der Waals surface area contributed by atoms with Gasteiger partial charge in [-0.1, -0.05) is 46.9 Å². The number of carbonyl (C=O) groups is 1. The quantitative estimate of drug-likeness (QED) is 0.678. The van der Waals surface area contributed by atoms with E-state index in [0.29, 0.717) is 33.1 Å². The Kier molecular flexibility index (Phi) is 5.55. The Bertz CT molecular complexity index is 963. The molecule has 0 unspecified atom stereocenters. The van der Waals surface area contributed by atoms with Gasteiger partial charge in [0.15, 0.2) is 0 Å². The molecule has 0 bridgehead atoms. The summed E-state index contributed by atoms with van der Waals surface area (Å²) in [6.07, 6.45) is 1.61. The summed E-state index contributed by atoms with van der Waals surface area (Å²) >= 11 is 18.4. The number of aryl methyl sites for hydroxylation is 1. The number of benzene rings is 1. The molecule has 3 aromatic rings. The molecule has 0 atom stereocenters. The third kappa shape index (κ3) is 3.87. The number of amides is 1. The highest BCUT2D eigenvalue weighted by Crippen LogP contribution is 2.26. The Hall–Kier alpha value is -2.02. The van der Waals surface area contributed by atoms with Gasteiger partial charge < -0.3 is 5.32 Å². The van der Waals surface area contributed by atoms with E-state index in [2.05, 4.69) is 15.5 Å². The largest absolute Gasteiger partial charge is 0.309 e.